The summed E-state index contributed by atoms with van der Waals surface area (Å²) in [6.07, 6.45) is 0. The molecule has 0 bridgehead atoms. The van der Waals surface area contributed by atoms with E-state index in [9.17, 15) is 20.0 Å². The highest BCUT2D eigenvalue weighted by molar-refractivity contribution is 6.01. The summed E-state index contributed by atoms with van der Waals surface area (Å²) < 4.78 is 4.72. The Hall–Kier alpha value is -2.89. The molecule has 0 aliphatic rings. The van der Waals surface area contributed by atoms with Gasteiger partial charge in [-0.25, -0.2) is 4.79 Å². The molecule has 0 fully saturated rings. The third-order valence-corrected chi connectivity index (χ3v) is 3.57. The molecule has 2 rings (SSSR count). The van der Waals surface area contributed by atoms with Gasteiger partial charge >= 0.3 is 5.97 Å². The second kappa shape index (κ2) is 5.85. The zero-order valence-corrected chi connectivity index (χ0v) is 12.4. The molecule has 0 saturated heterocycles. The van der Waals surface area contributed by atoms with Crippen molar-refractivity contribution < 1.29 is 19.6 Å². The molecule has 2 aromatic carbocycles. The molecule has 0 radical (unpaired) electrons. The van der Waals surface area contributed by atoms with Crippen LogP contribution in [0.2, 0.25) is 0 Å². The predicted molar refractivity (Wildman–Crippen MR) is 81.0 cm³/mol. The second-order valence-corrected chi connectivity index (χ2v) is 4.89. The molecule has 0 aromatic heterocycles. The summed E-state index contributed by atoms with van der Waals surface area (Å²) in [6.45, 7) is 3.48. The number of aryl methyl sites for hydroxylation is 1. The number of nitro groups is 1. The third kappa shape index (κ3) is 2.63. The van der Waals surface area contributed by atoms with E-state index in [0.29, 0.717) is 16.7 Å². The van der Waals surface area contributed by atoms with Crippen LogP contribution >= 0.6 is 0 Å². The highest BCUT2D eigenvalue weighted by atomic mass is 16.6. The zero-order valence-electron chi connectivity index (χ0n) is 12.4. The first-order chi connectivity index (χ1) is 10.4. The van der Waals surface area contributed by atoms with Gasteiger partial charge in [0.15, 0.2) is 0 Å². The smallest absolute Gasteiger partial charge is 0.342 e. The van der Waals surface area contributed by atoms with Gasteiger partial charge in [0, 0.05) is 17.7 Å². The van der Waals surface area contributed by atoms with Crippen molar-refractivity contribution in [3.05, 3.63) is 57.1 Å². The summed E-state index contributed by atoms with van der Waals surface area (Å²) in [7, 11) is 1.22. The zero-order chi connectivity index (χ0) is 16.4. The summed E-state index contributed by atoms with van der Waals surface area (Å²) in [5.41, 5.74) is 2.11. The minimum atomic E-state index is -0.692. The van der Waals surface area contributed by atoms with Crippen LogP contribution in [-0.4, -0.2) is 23.1 Å². The highest BCUT2D eigenvalue weighted by Gasteiger charge is 2.22. The Bertz CT molecular complexity index is 767. The number of carbonyl (C=O) groups is 1. The van der Waals surface area contributed by atoms with Crippen LogP contribution in [0.15, 0.2) is 30.3 Å². The molecule has 0 heterocycles. The lowest BCUT2D eigenvalue weighted by Gasteiger charge is -2.14. The third-order valence-electron chi connectivity index (χ3n) is 3.57. The lowest BCUT2D eigenvalue weighted by atomic mass is 9.93. The first kappa shape index (κ1) is 15.5. The van der Waals surface area contributed by atoms with Crippen molar-refractivity contribution in [2.75, 3.05) is 7.11 Å². The maximum absolute atomic E-state index is 12.0. The molecule has 6 heteroatoms. The van der Waals surface area contributed by atoms with E-state index in [2.05, 4.69) is 0 Å². The predicted octanol–water partition coefficient (Wildman–Crippen LogP) is 3.37. The van der Waals surface area contributed by atoms with Crippen molar-refractivity contribution >= 4 is 11.7 Å². The summed E-state index contributed by atoms with van der Waals surface area (Å²) in [4.78, 5) is 22.4. The van der Waals surface area contributed by atoms with E-state index in [0.717, 1.165) is 5.56 Å². The van der Waals surface area contributed by atoms with E-state index in [-0.39, 0.29) is 17.0 Å². The van der Waals surface area contributed by atoms with Gasteiger partial charge in [-0.1, -0.05) is 18.2 Å². The van der Waals surface area contributed by atoms with Crippen molar-refractivity contribution in [3.8, 4) is 16.9 Å². The standard InChI is InChI=1S/C16H15NO5/c1-9-7-13(11-5-4-6-12(8-11)17(20)21)14(16(19)22-3)15(18)10(9)2/h4-8,18H,1-3H3. The molecule has 22 heavy (non-hydrogen) atoms. The van der Waals surface area contributed by atoms with E-state index >= 15 is 0 Å². The fourth-order valence-electron chi connectivity index (χ4n) is 2.22. The molecule has 0 saturated carbocycles. The summed E-state index contributed by atoms with van der Waals surface area (Å²) in [6, 6.07) is 7.60. The summed E-state index contributed by atoms with van der Waals surface area (Å²) in [5, 5.41) is 21.2. The number of methoxy groups -OCH3 is 1. The van der Waals surface area contributed by atoms with Crippen molar-refractivity contribution in [2.24, 2.45) is 0 Å². The van der Waals surface area contributed by atoms with Gasteiger partial charge in [-0.3, -0.25) is 10.1 Å². The van der Waals surface area contributed by atoms with Crippen molar-refractivity contribution in [1.82, 2.24) is 0 Å². The normalized spacial score (nSPS) is 10.3. The van der Waals surface area contributed by atoms with Crippen molar-refractivity contribution in [3.63, 3.8) is 0 Å². The number of ether oxygens (including phenoxy) is 1. The number of esters is 1. The summed E-state index contributed by atoms with van der Waals surface area (Å²) in [5.74, 6) is -0.865. The first-order valence-electron chi connectivity index (χ1n) is 6.53. The van der Waals surface area contributed by atoms with Crippen molar-refractivity contribution in [2.45, 2.75) is 13.8 Å². The molecule has 6 nitrogen and oxygen atoms in total. The van der Waals surface area contributed by atoms with Gasteiger partial charge in [0.1, 0.15) is 11.3 Å². The highest BCUT2D eigenvalue weighted by Crippen LogP contribution is 2.36. The van der Waals surface area contributed by atoms with Crippen molar-refractivity contribution in [1.29, 1.82) is 0 Å². The molecular formula is C16H15NO5. The Balaban J connectivity index is 2.77. The van der Waals surface area contributed by atoms with Crippen LogP contribution in [0.5, 0.6) is 5.75 Å². The average molecular weight is 301 g/mol. The number of nitrogens with zero attached hydrogens (tertiary/aromatic N) is 1. The number of benzene rings is 2. The van der Waals surface area contributed by atoms with Crippen LogP contribution in [0, 0.1) is 24.0 Å². The quantitative estimate of drug-likeness (QED) is 0.533. The minimum absolute atomic E-state index is 0.00565. The topological polar surface area (TPSA) is 89.7 Å². The number of phenols is 1. The molecule has 0 unspecified atom stereocenters. The SMILES string of the molecule is COC(=O)c1c(-c2cccc([N+](=O)[O-])c2)cc(C)c(C)c1O. The molecule has 1 N–H and O–H groups in total. The number of rotatable bonds is 3. The number of hydrogen-bond acceptors (Lipinski definition) is 5. The van der Waals surface area contributed by atoms with Crippen LogP contribution in [0.25, 0.3) is 11.1 Å². The number of carbonyl (C=O) groups excluding carboxylic acids is 1. The number of aromatic hydroxyl groups is 1. The van der Waals surface area contributed by atoms with Crippen LogP contribution in [-0.2, 0) is 4.74 Å². The maximum Gasteiger partial charge on any atom is 0.342 e. The van der Waals surface area contributed by atoms with E-state index in [4.69, 9.17) is 4.74 Å². The molecule has 0 aliphatic carbocycles. The van der Waals surface area contributed by atoms with Crippen LogP contribution < -0.4 is 0 Å². The van der Waals surface area contributed by atoms with Gasteiger partial charge in [-0.05, 0) is 30.5 Å². The number of non-ortho nitro benzene ring substituents is 1. The summed E-state index contributed by atoms with van der Waals surface area (Å²) >= 11 is 0. The van der Waals surface area contributed by atoms with E-state index in [1.165, 1.54) is 25.3 Å². The first-order valence-corrected chi connectivity index (χ1v) is 6.53. The lowest BCUT2D eigenvalue weighted by Crippen LogP contribution is -2.06. The molecule has 0 spiro atoms. The van der Waals surface area contributed by atoms with Crippen LogP contribution in [0.1, 0.15) is 21.5 Å². The Kier molecular flexibility index (Phi) is 4.12. The number of nitro benzene ring substituents is 1. The van der Waals surface area contributed by atoms with Gasteiger partial charge in [0.05, 0.1) is 12.0 Å². The molecular weight excluding hydrogens is 286 g/mol. The maximum atomic E-state index is 12.0. The van der Waals surface area contributed by atoms with E-state index in [1.54, 1.807) is 26.0 Å². The van der Waals surface area contributed by atoms with Gasteiger partial charge in [0.25, 0.3) is 5.69 Å². The number of hydrogen-bond donors (Lipinski definition) is 1. The van der Waals surface area contributed by atoms with E-state index in [1.807, 2.05) is 0 Å². The molecule has 0 aliphatic heterocycles. The average Bonchev–Trinajstić information content (AvgIpc) is 2.51. The molecule has 2 aromatic rings. The fraction of sp³-hybridized carbons (Fsp3) is 0.188. The molecule has 114 valence electrons. The minimum Gasteiger partial charge on any atom is -0.507 e. The lowest BCUT2D eigenvalue weighted by molar-refractivity contribution is -0.384. The Morgan fingerprint density at radius 1 is 1.27 bits per heavy atom. The Labute approximate surface area is 127 Å². The molecule has 0 atom stereocenters. The van der Waals surface area contributed by atoms with Gasteiger partial charge < -0.3 is 9.84 Å². The van der Waals surface area contributed by atoms with Crippen LogP contribution in [0.4, 0.5) is 5.69 Å². The van der Waals surface area contributed by atoms with Gasteiger partial charge in [-0.2, -0.15) is 0 Å². The van der Waals surface area contributed by atoms with Crippen LogP contribution in [0.3, 0.4) is 0 Å². The van der Waals surface area contributed by atoms with E-state index < -0.39 is 10.9 Å². The van der Waals surface area contributed by atoms with Gasteiger partial charge in [0.2, 0.25) is 0 Å². The molecule has 0 amide bonds. The fourth-order valence-corrected chi connectivity index (χ4v) is 2.22. The van der Waals surface area contributed by atoms with Gasteiger partial charge in [-0.15, -0.1) is 0 Å². The monoisotopic (exact) mass is 301 g/mol. The largest absolute Gasteiger partial charge is 0.507 e. The Morgan fingerprint density at radius 2 is 1.95 bits per heavy atom. The second-order valence-electron chi connectivity index (χ2n) is 4.89. The number of phenolic OH excluding ortho intramolecular Hbond substituents is 1. The Morgan fingerprint density at radius 3 is 2.55 bits per heavy atom.